The van der Waals surface area contributed by atoms with Crippen LogP contribution in [0.15, 0.2) is 65.8 Å². The van der Waals surface area contributed by atoms with E-state index in [0.717, 1.165) is 24.4 Å². The van der Waals surface area contributed by atoms with Crippen LogP contribution in [-0.4, -0.2) is 44.9 Å². The van der Waals surface area contributed by atoms with E-state index in [4.69, 9.17) is 4.74 Å². The number of alkyl halides is 6. The molecule has 1 saturated heterocycles. The number of rotatable bonds is 6. The second-order valence-corrected chi connectivity index (χ2v) is 9.97. The van der Waals surface area contributed by atoms with Crippen LogP contribution >= 0.6 is 0 Å². The number of halogens is 8. The molecule has 1 aliphatic rings. The highest BCUT2D eigenvalue weighted by Gasteiger charge is 2.47. The average molecular weight is 598 g/mol. The standard InChI is InChI=1S/C28H22F8N4O2/c29-19-4-5-24(21(30)9-19)42-20-8-18-11-37-23(10-22(18)38-12-20)26(28(34,35)36)39-7-1-2-16(13-39)17-3-6-25(41)40(14-17)15-27(31,32)33/h3-6,8-12,14,16,26H,1-2,7,13,15H2. The van der Waals surface area contributed by atoms with Gasteiger partial charge in [-0.25, -0.2) is 8.78 Å². The normalized spacial score (nSPS) is 17.4. The van der Waals surface area contributed by atoms with E-state index in [2.05, 4.69) is 9.97 Å². The van der Waals surface area contributed by atoms with Gasteiger partial charge in [0.15, 0.2) is 11.6 Å². The van der Waals surface area contributed by atoms with Crippen molar-refractivity contribution in [3.63, 3.8) is 0 Å². The molecule has 1 aromatic carbocycles. The summed E-state index contributed by atoms with van der Waals surface area (Å²) in [6.07, 6.45) is -5.20. The minimum absolute atomic E-state index is 0.0562. The number of pyridine rings is 3. The molecule has 0 amide bonds. The van der Waals surface area contributed by atoms with E-state index in [1.165, 1.54) is 35.5 Å². The molecule has 5 rings (SSSR count). The molecule has 4 heterocycles. The molecule has 0 radical (unpaired) electrons. The van der Waals surface area contributed by atoms with E-state index >= 15 is 0 Å². The Morgan fingerprint density at radius 1 is 0.976 bits per heavy atom. The molecular weight excluding hydrogens is 576 g/mol. The summed E-state index contributed by atoms with van der Waals surface area (Å²) in [6, 6.07) is 5.52. The monoisotopic (exact) mass is 598 g/mol. The molecule has 0 bridgehead atoms. The first-order valence-electron chi connectivity index (χ1n) is 12.7. The van der Waals surface area contributed by atoms with Crippen LogP contribution in [0.3, 0.4) is 0 Å². The van der Waals surface area contributed by atoms with Gasteiger partial charge in [-0.05, 0) is 55.1 Å². The first-order valence-corrected chi connectivity index (χ1v) is 12.7. The third-order valence-electron chi connectivity index (χ3n) is 6.92. The Balaban J connectivity index is 1.40. The molecule has 2 unspecified atom stereocenters. The largest absolute Gasteiger partial charge is 0.453 e. The second kappa shape index (κ2) is 11.3. The van der Waals surface area contributed by atoms with Gasteiger partial charge < -0.3 is 9.30 Å². The number of aromatic nitrogens is 3. The maximum Gasteiger partial charge on any atom is 0.409 e. The van der Waals surface area contributed by atoms with Crippen molar-refractivity contribution in [3.05, 3.63) is 94.3 Å². The summed E-state index contributed by atoms with van der Waals surface area (Å²) in [5.74, 6) is -2.50. The number of nitrogens with zero attached hydrogens (tertiary/aromatic N) is 4. The van der Waals surface area contributed by atoms with Gasteiger partial charge >= 0.3 is 12.4 Å². The number of hydrogen-bond donors (Lipinski definition) is 0. The highest BCUT2D eigenvalue weighted by Crippen LogP contribution is 2.41. The molecule has 0 aliphatic carbocycles. The van der Waals surface area contributed by atoms with Crippen molar-refractivity contribution in [3.8, 4) is 11.5 Å². The summed E-state index contributed by atoms with van der Waals surface area (Å²) in [5, 5.41) is 0.308. The van der Waals surface area contributed by atoms with Gasteiger partial charge in [0, 0.05) is 36.5 Å². The van der Waals surface area contributed by atoms with Crippen molar-refractivity contribution < 1.29 is 39.9 Å². The minimum Gasteiger partial charge on any atom is -0.453 e. The van der Waals surface area contributed by atoms with Crippen molar-refractivity contribution >= 4 is 10.9 Å². The fraction of sp³-hybridized carbons (Fsp3) is 0.321. The second-order valence-electron chi connectivity index (χ2n) is 9.97. The Labute approximate surface area is 233 Å². The van der Waals surface area contributed by atoms with E-state index in [0.29, 0.717) is 34.4 Å². The lowest BCUT2D eigenvalue weighted by Crippen LogP contribution is -2.44. The van der Waals surface area contributed by atoms with Crippen LogP contribution < -0.4 is 10.3 Å². The van der Waals surface area contributed by atoms with Crippen LogP contribution in [0.25, 0.3) is 10.9 Å². The number of likely N-dealkylation sites (tertiary alicyclic amines) is 1. The number of fused-ring (bicyclic) bond motifs is 1. The van der Waals surface area contributed by atoms with Gasteiger partial charge in [0.25, 0.3) is 5.56 Å². The third kappa shape index (κ3) is 6.69. The summed E-state index contributed by atoms with van der Waals surface area (Å²) in [6.45, 7) is -1.57. The van der Waals surface area contributed by atoms with Crippen LogP contribution in [0.1, 0.15) is 36.1 Å². The maximum atomic E-state index is 14.4. The molecule has 3 aromatic heterocycles. The Kier molecular flexibility index (Phi) is 7.92. The van der Waals surface area contributed by atoms with Crippen molar-refractivity contribution in [1.82, 2.24) is 19.4 Å². The van der Waals surface area contributed by atoms with Gasteiger partial charge in [-0.1, -0.05) is 6.07 Å². The predicted octanol–water partition coefficient (Wildman–Crippen LogP) is 6.91. The number of benzene rings is 1. The molecule has 14 heteroatoms. The Morgan fingerprint density at radius 2 is 1.76 bits per heavy atom. The highest BCUT2D eigenvalue weighted by molar-refractivity contribution is 5.79. The van der Waals surface area contributed by atoms with Gasteiger partial charge in [0.05, 0.1) is 17.4 Å². The molecule has 42 heavy (non-hydrogen) atoms. The fourth-order valence-corrected chi connectivity index (χ4v) is 5.09. The molecule has 1 aliphatic heterocycles. The van der Waals surface area contributed by atoms with Crippen LogP contribution in [0.2, 0.25) is 0 Å². The van der Waals surface area contributed by atoms with Crippen LogP contribution in [0.5, 0.6) is 11.5 Å². The summed E-state index contributed by atoms with van der Waals surface area (Å²) in [4.78, 5) is 21.3. The van der Waals surface area contributed by atoms with Gasteiger partial charge in [-0.15, -0.1) is 0 Å². The summed E-state index contributed by atoms with van der Waals surface area (Å²) in [7, 11) is 0. The number of hydrogen-bond acceptors (Lipinski definition) is 5. The van der Waals surface area contributed by atoms with Crippen molar-refractivity contribution in [2.45, 2.75) is 43.7 Å². The van der Waals surface area contributed by atoms with E-state index in [-0.39, 0.29) is 35.8 Å². The highest BCUT2D eigenvalue weighted by atomic mass is 19.4. The molecule has 6 nitrogen and oxygen atoms in total. The minimum atomic E-state index is -4.75. The lowest BCUT2D eigenvalue weighted by Gasteiger charge is -2.39. The van der Waals surface area contributed by atoms with E-state index < -0.39 is 48.1 Å². The smallest absolute Gasteiger partial charge is 0.409 e. The van der Waals surface area contributed by atoms with Crippen LogP contribution in [-0.2, 0) is 6.54 Å². The van der Waals surface area contributed by atoms with E-state index in [1.54, 1.807) is 0 Å². The van der Waals surface area contributed by atoms with E-state index in [9.17, 15) is 39.9 Å². The zero-order chi connectivity index (χ0) is 30.2. The first-order chi connectivity index (χ1) is 19.8. The van der Waals surface area contributed by atoms with Crippen LogP contribution in [0.4, 0.5) is 35.1 Å². The molecule has 0 N–H and O–H groups in total. The van der Waals surface area contributed by atoms with Crippen LogP contribution in [0, 0.1) is 11.6 Å². The zero-order valence-electron chi connectivity index (χ0n) is 21.6. The lowest BCUT2D eigenvalue weighted by atomic mass is 9.90. The molecule has 222 valence electrons. The van der Waals surface area contributed by atoms with Gasteiger partial charge in [0.1, 0.15) is 24.2 Å². The zero-order valence-corrected chi connectivity index (χ0v) is 21.6. The average Bonchev–Trinajstić information content (AvgIpc) is 2.90. The van der Waals surface area contributed by atoms with E-state index in [1.807, 2.05) is 0 Å². The van der Waals surface area contributed by atoms with Crippen molar-refractivity contribution in [2.24, 2.45) is 0 Å². The number of piperidine rings is 1. The quantitative estimate of drug-likeness (QED) is 0.226. The van der Waals surface area contributed by atoms with Gasteiger partial charge in [0.2, 0.25) is 0 Å². The lowest BCUT2D eigenvalue weighted by molar-refractivity contribution is -0.190. The fourth-order valence-electron chi connectivity index (χ4n) is 5.09. The number of ether oxygens (including phenoxy) is 1. The Hall–Kier alpha value is -4.07. The Bertz CT molecular complexity index is 1650. The SMILES string of the molecule is O=c1ccc(C2CCCN(C(c3cc4ncc(Oc5ccc(F)cc5F)cc4cn3)C(F)(F)F)C2)cn1CC(F)(F)F. The molecule has 0 spiro atoms. The summed E-state index contributed by atoms with van der Waals surface area (Å²) < 4.78 is 115. The molecule has 1 fully saturated rings. The maximum absolute atomic E-state index is 14.4. The summed E-state index contributed by atoms with van der Waals surface area (Å²) >= 11 is 0. The van der Waals surface area contributed by atoms with Gasteiger partial charge in [-0.2, -0.15) is 26.3 Å². The molecular formula is C28H22F8N4O2. The summed E-state index contributed by atoms with van der Waals surface area (Å²) in [5.41, 5.74) is -0.693. The van der Waals surface area contributed by atoms with Gasteiger partial charge in [-0.3, -0.25) is 19.7 Å². The van der Waals surface area contributed by atoms with Crippen molar-refractivity contribution in [2.75, 3.05) is 13.1 Å². The Morgan fingerprint density at radius 3 is 2.48 bits per heavy atom. The third-order valence-corrected chi connectivity index (χ3v) is 6.92. The van der Waals surface area contributed by atoms with Crippen molar-refractivity contribution in [1.29, 1.82) is 0 Å². The topological polar surface area (TPSA) is 60.3 Å². The predicted molar refractivity (Wildman–Crippen MR) is 135 cm³/mol. The molecule has 0 saturated carbocycles. The first kappa shape index (κ1) is 29.4. The molecule has 2 atom stereocenters. The molecule has 4 aromatic rings.